The molecule has 0 saturated heterocycles. The van der Waals surface area contributed by atoms with Crippen LogP contribution in [0.3, 0.4) is 0 Å². The minimum absolute atomic E-state index is 0.131. The van der Waals surface area contributed by atoms with Gasteiger partial charge in [0.05, 0.1) is 30.3 Å². The molecule has 24 heavy (non-hydrogen) atoms. The molecule has 1 aromatic carbocycles. The first-order valence-electron chi connectivity index (χ1n) is 8.30. The van der Waals surface area contributed by atoms with Gasteiger partial charge in [0.1, 0.15) is 5.75 Å². The molecule has 5 nitrogen and oxygen atoms in total. The second-order valence-electron chi connectivity index (χ2n) is 7.21. The summed E-state index contributed by atoms with van der Waals surface area (Å²) in [4.78, 5) is 12.4. The van der Waals surface area contributed by atoms with Gasteiger partial charge in [0.2, 0.25) is 0 Å². The van der Waals surface area contributed by atoms with Crippen LogP contribution in [0.15, 0.2) is 29.2 Å². The quantitative estimate of drug-likeness (QED) is 0.762. The number of carbonyl (C=O) groups is 1. The highest BCUT2D eigenvalue weighted by atomic mass is 32.2. The number of sulfone groups is 1. The lowest BCUT2D eigenvalue weighted by Gasteiger charge is -2.51. The zero-order valence-electron chi connectivity index (χ0n) is 14.2. The largest absolute Gasteiger partial charge is 0.497 e. The number of hydrogen-bond donors (Lipinski definition) is 0. The zero-order valence-corrected chi connectivity index (χ0v) is 15.0. The third-order valence-electron chi connectivity index (χ3n) is 5.93. The minimum Gasteiger partial charge on any atom is -0.497 e. The summed E-state index contributed by atoms with van der Waals surface area (Å²) >= 11 is 0. The molecule has 0 N–H and O–H groups in total. The van der Waals surface area contributed by atoms with Crippen LogP contribution in [-0.4, -0.2) is 34.4 Å². The molecule has 6 heteroatoms. The molecule has 3 aliphatic carbocycles. The van der Waals surface area contributed by atoms with Crippen molar-refractivity contribution in [2.45, 2.75) is 43.4 Å². The van der Waals surface area contributed by atoms with E-state index in [2.05, 4.69) is 0 Å². The van der Waals surface area contributed by atoms with E-state index in [1.54, 1.807) is 31.4 Å². The fraction of sp³-hybridized carbons (Fsp3) is 0.611. The van der Waals surface area contributed by atoms with Gasteiger partial charge in [-0.2, -0.15) is 0 Å². The van der Waals surface area contributed by atoms with Crippen molar-refractivity contribution in [2.75, 3.05) is 20.0 Å². The first-order chi connectivity index (χ1) is 11.3. The number of benzene rings is 1. The highest BCUT2D eigenvalue weighted by Crippen LogP contribution is 2.58. The van der Waals surface area contributed by atoms with E-state index in [0.717, 1.165) is 38.5 Å². The molecule has 1 aromatic rings. The standard InChI is InChI=1S/C18H24O5S/c1-22-14-3-5-15(6-4-14)24(20,21)13-17-7-10-18(11-8-17,12-9-17)16(19)23-2/h3-6H,7-13H2,1-2H3. The minimum atomic E-state index is -3.35. The van der Waals surface area contributed by atoms with Crippen LogP contribution < -0.4 is 4.74 Å². The maximum Gasteiger partial charge on any atom is 0.311 e. The summed E-state index contributed by atoms with van der Waals surface area (Å²) in [5.74, 6) is 0.669. The smallest absolute Gasteiger partial charge is 0.311 e. The zero-order chi connectivity index (χ0) is 17.4. The normalized spacial score (nSPS) is 29.2. The van der Waals surface area contributed by atoms with Crippen molar-refractivity contribution in [1.29, 1.82) is 0 Å². The van der Waals surface area contributed by atoms with Gasteiger partial charge in [-0.25, -0.2) is 8.42 Å². The first kappa shape index (κ1) is 17.3. The lowest BCUT2D eigenvalue weighted by molar-refractivity contribution is -0.161. The van der Waals surface area contributed by atoms with Gasteiger partial charge in [0.15, 0.2) is 9.84 Å². The predicted octanol–water partition coefficient (Wildman–Crippen LogP) is 2.98. The Morgan fingerprint density at radius 1 is 1.00 bits per heavy atom. The Labute approximate surface area is 143 Å². The number of hydrogen-bond acceptors (Lipinski definition) is 5. The van der Waals surface area contributed by atoms with E-state index in [-0.39, 0.29) is 22.6 Å². The molecule has 2 bridgehead atoms. The molecule has 0 atom stereocenters. The summed E-state index contributed by atoms with van der Waals surface area (Å²) in [6.45, 7) is 0. The van der Waals surface area contributed by atoms with Crippen molar-refractivity contribution in [3.63, 3.8) is 0 Å². The van der Waals surface area contributed by atoms with E-state index in [1.165, 1.54) is 7.11 Å². The fourth-order valence-corrected chi connectivity index (χ4v) is 6.23. The Balaban J connectivity index is 1.76. The molecule has 0 spiro atoms. The van der Waals surface area contributed by atoms with Gasteiger partial charge in [0.25, 0.3) is 0 Å². The van der Waals surface area contributed by atoms with E-state index in [1.807, 2.05) is 0 Å². The second-order valence-corrected chi connectivity index (χ2v) is 9.20. The summed E-state index contributed by atoms with van der Waals surface area (Å²) in [5, 5.41) is 0. The molecular formula is C18H24O5S. The van der Waals surface area contributed by atoms with Crippen LogP contribution in [0, 0.1) is 10.8 Å². The number of carbonyl (C=O) groups excluding carboxylic acids is 1. The van der Waals surface area contributed by atoms with E-state index >= 15 is 0 Å². The van der Waals surface area contributed by atoms with Crippen molar-refractivity contribution in [3.05, 3.63) is 24.3 Å². The van der Waals surface area contributed by atoms with Gasteiger partial charge in [-0.1, -0.05) is 0 Å². The fourth-order valence-electron chi connectivity index (χ4n) is 4.27. The topological polar surface area (TPSA) is 69.7 Å². The summed E-state index contributed by atoms with van der Waals surface area (Å²) in [7, 11) is -0.360. The third kappa shape index (κ3) is 2.92. The number of ether oxygens (including phenoxy) is 2. The molecule has 0 aromatic heterocycles. The lowest BCUT2D eigenvalue weighted by atomic mass is 9.54. The van der Waals surface area contributed by atoms with Gasteiger partial charge in [-0.3, -0.25) is 4.79 Å². The maximum atomic E-state index is 12.8. The summed E-state index contributed by atoms with van der Waals surface area (Å²) in [5.41, 5.74) is -0.574. The third-order valence-corrected chi connectivity index (χ3v) is 7.92. The van der Waals surface area contributed by atoms with Crippen molar-refractivity contribution < 1.29 is 22.7 Å². The molecule has 3 fully saturated rings. The molecule has 4 rings (SSSR count). The Hall–Kier alpha value is -1.56. The molecular weight excluding hydrogens is 328 g/mol. The molecule has 3 saturated carbocycles. The summed E-state index contributed by atoms with van der Waals surface area (Å²) in [6, 6.07) is 6.56. The van der Waals surface area contributed by atoms with E-state index in [0.29, 0.717) is 10.6 Å². The molecule has 0 aliphatic heterocycles. The maximum absolute atomic E-state index is 12.8. The second kappa shape index (κ2) is 6.06. The van der Waals surface area contributed by atoms with Gasteiger partial charge in [-0.05, 0) is 68.2 Å². The number of fused-ring (bicyclic) bond motifs is 3. The van der Waals surface area contributed by atoms with Crippen LogP contribution >= 0.6 is 0 Å². The number of rotatable bonds is 5. The average Bonchev–Trinajstić information content (AvgIpc) is 2.62. The number of esters is 1. The predicted molar refractivity (Wildman–Crippen MR) is 89.6 cm³/mol. The van der Waals surface area contributed by atoms with E-state index < -0.39 is 9.84 Å². The average molecular weight is 352 g/mol. The molecule has 0 unspecified atom stereocenters. The molecule has 0 heterocycles. The van der Waals surface area contributed by atoms with Crippen LogP contribution in [0.25, 0.3) is 0 Å². The Morgan fingerprint density at radius 2 is 1.54 bits per heavy atom. The van der Waals surface area contributed by atoms with Gasteiger partial charge < -0.3 is 9.47 Å². The van der Waals surface area contributed by atoms with Crippen molar-refractivity contribution in [2.24, 2.45) is 10.8 Å². The van der Waals surface area contributed by atoms with Gasteiger partial charge in [0, 0.05) is 0 Å². The van der Waals surface area contributed by atoms with E-state index in [4.69, 9.17) is 9.47 Å². The van der Waals surface area contributed by atoms with Crippen LogP contribution in [0.4, 0.5) is 0 Å². The van der Waals surface area contributed by atoms with Crippen molar-refractivity contribution in [1.82, 2.24) is 0 Å². The monoisotopic (exact) mass is 352 g/mol. The summed E-state index contributed by atoms with van der Waals surface area (Å²) in [6.07, 6.45) is 4.53. The number of methoxy groups -OCH3 is 2. The molecule has 0 amide bonds. The Bertz CT molecular complexity index is 696. The molecule has 132 valence electrons. The van der Waals surface area contributed by atoms with Crippen molar-refractivity contribution in [3.8, 4) is 5.75 Å². The van der Waals surface area contributed by atoms with E-state index in [9.17, 15) is 13.2 Å². The van der Waals surface area contributed by atoms with Gasteiger partial charge in [-0.15, -0.1) is 0 Å². The molecule has 0 radical (unpaired) electrons. The van der Waals surface area contributed by atoms with Crippen LogP contribution in [-0.2, 0) is 19.4 Å². The SMILES string of the molecule is COC(=O)C12CCC(CS(=O)(=O)c3ccc(OC)cc3)(CC1)CC2. The highest BCUT2D eigenvalue weighted by molar-refractivity contribution is 7.91. The van der Waals surface area contributed by atoms with Crippen molar-refractivity contribution >= 4 is 15.8 Å². The Morgan fingerprint density at radius 3 is 2.00 bits per heavy atom. The summed E-state index contributed by atoms with van der Waals surface area (Å²) < 4.78 is 35.7. The van der Waals surface area contributed by atoms with Crippen LogP contribution in [0.2, 0.25) is 0 Å². The lowest BCUT2D eigenvalue weighted by Crippen LogP contribution is -2.48. The van der Waals surface area contributed by atoms with Crippen LogP contribution in [0.5, 0.6) is 5.75 Å². The highest BCUT2D eigenvalue weighted by Gasteiger charge is 2.54. The molecule has 3 aliphatic rings. The van der Waals surface area contributed by atoms with Gasteiger partial charge >= 0.3 is 5.97 Å². The van der Waals surface area contributed by atoms with Crippen LogP contribution in [0.1, 0.15) is 38.5 Å². The Kier molecular flexibility index (Phi) is 4.36. The first-order valence-corrected chi connectivity index (χ1v) is 9.95.